The van der Waals surface area contributed by atoms with Gasteiger partial charge in [-0.1, -0.05) is 18.2 Å². The van der Waals surface area contributed by atoms with Crippen molar-refractivity contribution in [2.75, 3.05) is 0 Å². The highest BCUT2D eigenvalue weighted by atomic mass is 32.1. The summed E-state index contributed by atoms with van der Waals surface area (Å²) in [4.78, 5) is 4.05. The maximum Gasteiger partial charge on any atom is 0.152 e. The fraction of sp³-hybridized carbons (Fsp3) is 0. The third-order valence-electron chi connectivity index (χ3n) is 2.58. The van der Waals surface area contributed by atoms with Crippen molar-refractivity contribution in [3.05, 3.63) is 66.4 Å². The summed E-state index contributed by atoms with van der Waals surface area (Å²) in [5.41, 5.74) is 1.76. The molecule has 0 aliphatic carbocycles. The Morgan fingerprint density at radius 1 is 0.944 bits per heavy atom. The number of aromatic nitrogens is 1. The molecule has 0 N–H and O–H groups in total. The summed E-state index contributed by atoms with van der Waals surface area (Å²) in [6.07, 6.45) is 3.38. The van der Waals surface area contributed by atoms with Crippen molar-refractivity contribution in [3.8, 4) is 0 Å². The normalized spacial score (nSPS) is 10.2. The molecule has 0 saturated heterocycles. The van der Waals surface area contributed by atoms with E-state index in [-0.39, 0.29) is 0 Å². The predicted octanol–water partition coefficient (Wildman–Crippen LogP) is 4.73. The topological polar surface area (TPSA) is 26.0 Å². The zero-order chi connectivity index (χ0) is 12.2. The van der Waals surface area contributed by atoms with E-state index < -0.39 is 0 Å². The van der Waals surface area contributed by atoms with Crippen molar-refractivity contribution in [3.63, 3.8) is 0 Å². The minimum Gasteiger partial charge on any atom is -0.463 e. The van der Waals surface area contributed by atoms with Crippen molar-refractivity contribution in [2.24, 2.45) is 0 Å². The first-order chi connectivity index (χ1) is 8.93. The van der Waals surface area contributed by atoms with Gasteiger partial charge in [-0.3, -0.25) is 4.98 Å². The molecule has 1 aromatic carbocycles. The Kier molecular flexibility index (Phi) is 3.07. The van der Waals surface area contributed by atoms with E-state index in [1.165, 1.54) is 10.1 Å². The Bertz CT molecular complexity index is 630. The summed E-state index contributed by atoms with van der Waals surface area (Å²) < 4.78 is 6.43. The van der Waals surface area contributed by atoms with Gasteiger partial charge in [0.2, 0.25) is 0 Å². The van der Waals surface area contributed by atoms with Crippen LogP contribution in [0.4, 0.5) is 0 Å². The lowest BCUT2D eigenvalue weighted by Gasteiger charge is -1.82. The zero-order valence-electron chi connectivity index (χ0n) is 9.61. The number of pyridine rings is 1. The van der Waals surface area contributed by atoms with Crippen LogP contribution in [-0.2, 0) is 0 Å². The molecule has 0 radical (unpaired) electrons. The summed E-state index contributed by atoms with van der Waals surface area (Å²) in [7, 11) is 0. The number of hydrogen-bond donors (Lipinski definition) is 0. The van der Waals surface area contributed by atoms with Gasteiger partial charge in [0, 0.05) is 17.0 Å². The SMILES string of the molecule is c1ccc2sccc2c1.c1cnc2ccoc2c1. The molecule has 3 heteroatoms. The van der Waals surface area contributed by atoms with Crippen molar-refractivity contribution in [2.45, 2.75) is 0 Å². The number of benzene rings is 1. The van der Waals surface area contributed by atoms with Crippen LogP contribution in [-0.4, -0.2) is 4.98 Å². The molecule has 0 spiro atoms. The summed E-state index contributed by atoms with van der Waals surface area (Å²) in [5, 5.41) is 3.47. The molecule has 0 unspecified atom stereocenters. The number of nitrogens with zero attached hydrogens (tertiary/aromatic N) is 1. The van der Waals surface area contributed by atoms with Gasteiger partial charge in [-0.15, -0.1) is 11.3 Å². The minimum atomic E-state index is 0.845. The second-order valence-corrected chi connectivity index (χ2v) is 4.71. The number of fused-ring (bicyclic) bond motifs is 2. The molecule has 2 nitrogen and oxygen atoms in total. The molecule has 88 valence electrons. The molecular weight excluding hydrogens is 242 g/mol. The van der Waals surface area contributed by atoms with Gasteiger partial charge < -0.3 is 4.42 Å². The third-order valence-corrected chi connectivity index (χ3v) is 3.48. The van der Waals surface area contributed by atoms with Crippen LogP contribution in [0.3, 0.4) is 0 Å². The molecule has 4 rings (SSSR count). The van der Waals surface area contributed by atoms with E-state index in [4.69, 9.17) is 4.42 Å². The first-order valence-electron chi connectivity index (χ1n) is 5.64. The van der Waals surface area contributed by atoms with Gasteiger partial charge in [0.15, 0.2) is 5.58 Å². The lowest BCUT2D eigenvalue weighted by molar-refractivity contribution is 0.615. The molecule has 0 fully saturated rings. The van der Waals surface area contributed by atoms with Crippen LogP contribution in [0.5, 0.6) is 0 Å². The summed E-state index contributed by atoms with van der Waals surface area (Å²) in [5.74, 6) is 0. The van der Waals surface area contributed by atoms with Crippen molar-refractivity contribution < 1.29 is 4.42 Å². The van der Waals surface area contributed by atoms with Gasteiger partial charge in [0.1, 0.15) is 5.52 Å². The standard InChI is InChI=1S/C8H6S.C7H5NO/c1-2-4-8-7(3-1)5-6-9-8;1-2-7-6(8-4-1)3-5-9-7/h1-6H;1-5H. The number of furan rings is 1. The number of thiophene rings is 1. The van der Waals surface area contributed by atoms with Crippen LogP contribution in [0.25, 0.3) is 21.2 Å². The van der Waals surface area contributed by atoms with E-state index in [1.807, 2.05) is 18.2 Å². The Hall–Kier alpha value is -2.13. The zero-order valence-corrected chi connectivity index (χ0v) is 10.4. The minimum absolute atomic E-state index is 0.845. The van der Waals surface area contributed by atoms with E-state index in [0.29, 0.717) is 0 Å². The van der Waals surface area contributed by atoms with Gasteiger partial charge in [-0.05, 0) is 35.0 Å². The van der Waals surface area contributed by atoms with Crippen LogP contribution >= 0.6 is 11.3 Å². The average Bonchev–Trinajstić information content (AvgIpc) is 3.08. The third kappa shape index (κ3) is 2.26. The quantitative estimate of drug-likeness (QED) is 0.453. The maximum absolute atomic E-state index is 5.06. The summed E-state index contributed by atoms with van der Waals surface area (Å²) in [6, 6.07) is 16.1. The first kappa shape index (κ1) is 11.0. The van der Waals surface area contributed by atoms with E-state index in [1.54, 1.807) is 23.8 Å². The van der Waals surface area contributed by atoms with Crippen molar-refractivity contribution >= 4 is 32.5 Å². The molecule has 0 bridgehead atoms. The smallest absolute Gasteiger partial charge is 0.152 e. The summed E-state index contributed by atoms with van der Waals surface area (Å²) in [6.45, 7) is 0. The fourth-order valence-electron chi connectivity index (χ4n) is 1.71. The summed E-state index contributed by atoms with van der Waals surface area (Å²) >= 11 is 1.79. The van der Waals surface area contributed by atoms with Crippen LogP contribution in [0.1, 0.15) is 0 Å². The Balaban J connectivity index is 0.000000111. The van der Waals surface area contributed by atoms with Gasteiger partial charge in [-0.25, -0.2) is 0 Å². The molecule has 4 aromatic rings. The molecule has 0 aliphatic rings. The van der Waals surface area contributed by atoms with Crippen LogP contribution in [0, 0.1) is 0 Å². The van der Waals surface area contributed by atoms with Gasteiger partial charge in [0.05, 0.1) is 6.26 Å². The monoisotopic (exact) mass is 253 g/mol. The van der Waals surface area contributed by atoms with Crippen molar-refractivity contribution in [1.29, 1.82) is 0 Å². The highest BCUT2D eigenvalue weighted by Gasteiger charge is 1.91. The van der Waals surface area contributed by atoms with E-state index >= 15 is 0 Å². The van der Waals surface area contributed by atoms with Crippen LogP contribution in [0.2, 0.25) is 0 Å². The highest BCUT2D eigenvalue weighted by molar-refractivity contribution is 7.17. The molecule has 0 saturated carbocycles. The lowest BCUT2D eigenvalue weighted by Crippen LogP contribution is -1.66. The second kappa shape index (κ2) is 5.02. The molecule has 3 heterocycles. The Morgan fingerprint density at radius 2 is 1.89 bits per heavy atom. The van der Waals surface area contributed by atoms with E-state index in [2.05, 4.69) is 40.7 Å². The maximum atomic E-state index is 5.06. The first-order valence-corrected chi connectivity index (χ1v) is 6.52. The number of hydrogen-bond acceptors (Lipinski definition) is 3. The van der Waals surface area contributed by atoms with Gasteiger partial charge in [-0.2, -0.15) is 0 Å². The molecule has 0 amide bonds. The van der Waals surface area contributed by atoms with Gasteiger partial charge in [0.25, 0.3) is 0 Å². The molecule has 0 aliphatic heterocycles. The Morgan fingerprint density at radius 3 is 2.78 bits per heavy atom. The lowest BCUT2D eigenvalue weighted by atomic mass is 10.3. The average molecular weight is 253 g/mol. The Labute approximate surface area is 109 Å². The predicted molar refractivity (Wildman–Crippen MR) is 75.8 cm³/mol. The van der Waals surface area contributed by atoms with Crippen LogP contribution in [0.15, 0.2) is 70.8 Å². The van der Waals surface area contributed by atoms with Gasteiger partial charge >= 0.3 is 0 Å². The molecule has 3 aromatic heterocycles. The van der Waals surface area contributed by atoms with Crippen molar-refractivity contribution in [1.82, 2.24) is 4.98 Å². The molecule has 18 heavy (non-hydrogen) atoms. The second-order valence-electron chi connectivity index (χ2n) is 3.77. The highest BCUT2D eigenvalue weighted by Crippen LogP contribution is 2.18. The van der Waals surface area contributed by atoms with Crippen LogP contribution < -0.4 is 0 Å². The fourth-order valence-corrected chi connectivity index (χ4v) is 2.50. The molecular formula is C15H11NOS. The van der Waals surface area contributed by atoms with E-state index in [9.17, 15) is 0 Å². The number of rotatable bonds is 0. The molecule has 0 atom stereocenters. The largest absolute Gasteiger partial charge is 0.463 e. The van der Waals surface area contributed by atoms with E-state index in [0.717, 1.165) is 11.1 Å².